The van der Waals surface area contributed by atoms with Crippen molar-refractivity contribution in [2.75, 3.05) is 13.2 Å². The van der Waals surface area contributed by atoms with E-state index in [1.165, 1.54) is 0 Å². The third kappa shape index (κ3) is 4.49. The van der Waals surface area contributed by atoms with Gasteiger partial charge in [-0.15, -0.1) is 0 Å². The summed E-state index contributed by atoms with van der Waals surface area (Å²) in [5.74, 6) is 1.94. The minimum Gasteiger partial charge on any atom is -0.465 e. The molecule has 0 bridgehead atoms. The molecule has 3 nitrogen and oxygen atoms in total. The zero-order valence-electron chi connectivity index (χ0n) is 10.0. The fourth-order valence-electron chi connectivity index (χ4n) is 1.36. The highest BCUT2D eigenvalue weighted by Gasteiger charge is 2.07. The summed E-state index contributed by atoms with van der Waals surface area (Å²) in [6.45, 7) is 9.71. The van der Waals surface area contributed by atoms with Crippen LogP contribution in [0, 0.1) is 6.92 Å². The van der Waals surface area contributed by atoms with E-state index in [1.54, 1.807) is 0 Å². The summed E-state index contributed by atoms with van der Waals surface area (Å²) < 4.78 is 11.0. The predicted octanol–water partition coefficient (Wildman–Crippen LogP) is 2.66. The quantitative estimate of drug-likeness (QED) is 0.735. The van der Waals surface area contributed by atoms with Crippen molar-refractivity contribution in [1.29, 1.82) is 0 Å². The van der Waals surface area contributed by atoms with E-state index in [4.69, 9.17) is 9.15 Å². The maximum Gasteiger partial charge on any atom is 0.120 e. The van der Waals surface area contributed by atoms with Gasteiger partial charge >= 0.3 is 0 Å². The number of hydrogen-bond acceptors (Lipinski definition) is 3. The maximum absolute atomic E-state index is 5.52. The van der Waals surface area contributed by atoms with Gasteiger partial charge in [0.25, 0.3) is 0 Å². The molecule has 0 fully saturated rings. The largest absolute Gasteiger partial charge is 0.465 e. The van der Waals surface area contributed by atoms with Gasteiger partial charge in [-0.05, 0) is 39.8 Å². The molecule has 1 rings (SSSR count). The molecular formula is C12H21NO2. The second kappa shape index (κ2) is 5.93. The number of ether oxygens (including phenoxy) is 1. The van der Waals surface area contributed by atoms with Gasteiger partial charge in [-0.3, -0.25) is 0 Å². The Labute approximate surface area is 91.8 Å². The van der Waals surface area contributed by atoms with Crippen molar-refractivity contribution >= 4 is 0 Å². The molecule has 1 heterocycles. The Hall–Kier alpha value is -0.800. The number of rotatable bonds is 6. The van der Waals surface area contributed by atoms with Gasteiger partial charge in [-0.25, -0.2) is 0 Å². The van der Waals surface area contributed by atoms with Gasteiger partial charge in [0.05, 0.1) is 18.8 Å². The Morgan fingerprint density at radius 3 is 2.60 bits per heavy atom. The molecule has 1 unspecified atom stereocenters. The van der Waals surface area contributed by atoms with Crippen molar-refractivity contribution in [2.24, 2.45) is 0 Å². The molecular weight excluding hydrogens is 190 g/mol. The molecule has 86 valence electrons. The van der Waals surface area contributed by atoms with Crippen molar-refractivity contribution in [2.45, 2.75) is 39.8 Å². The minimum atomic E-state index is 0.245. The topological polar surface area (TPSA) is 34.4 Å². The van der Waals surface area contributed by atoms with Crippen molar-refractivity contribution in [3.05, 3.63) is 23.7 Å². The zero-order chi connectivity index (χ0) is 11.3. The van der Waals surface area contributed by atoms with E-state index in [-0.39, 0.29) is 6.04 Å². The van der Waals surface area contributed by atoms with Crippen LogP contribution in [0.5, 0.6) is 0 Å². The van der Waals surface area contributed by atoms with E-state index < -0.39 is 0 Å². The third-order valence-corrected chi connectivity index (χ3v) is 2.19. The third-order valence-electron chi connectivity index (χ3n) is 2.19. The molecule has 1 aromatic rings. The molecule has 0 aliphatic heterocycles. The molecule has 0 aliphatic carbocycles. The molecule has 0 spiro atoms. The van der Waals surface area contributed by atoms with Gasteiger partial charge in [0.1, 0.15) is 11.5 Å². The second-order valence-corrected chi connectivity index (χ2v) is 4.04. The van der Waals surface area contributed by atoms with E-state index in [2.05, 4.69) is 12.2 Å². The first-order valence-electron chi connectivity index (χ1n) is 5.51. The average molecular weight is 211 g/mol. The summed E-state index contributed by atoms with van der Waals surface area (Å²) in [5.41, 5.74) is 0. The summed E-state index contributed by atoms with van der Waals surface area (Å²) in [7, 11) is 0. The molecule has 0 aliphatic rings. The monoisotopic (exact) mass is 211 g/mol. The highest BCUT2D eigenvalue weighted by molar-refractivity contribution is 5.08. The summed E-state index contributed by atoms with van der Waals surface area (Å²) in [6, 6.07) is 4.24. The first-order chi connectivity index (χ1) is 7.09. The van der Waals surface area contributed by atoms with Crippen molar-refractivity contribution in [1.82, 2.24) is 5.32 Å². The van der Waals surface area contributed by atoms with Crippen LogP contribution in [-0.4, -0.2) is 19.3 Å². The Morgan fingerprint density at radius 2 is 2.07 bits per heavy atom. The lowest BCUT2D eigenvalue weighted by molar-refractivity contribution is 0.0792. The molecule has 0 amide bonds. The Morgan fingerprint density at radius 1 is 1.33 bits per heavy atom. The van der Waals surface area contributed by atoms with Gasteiger partial charge in [-0.2, -0.15) is 0 Å². The molecule has 0 saturated heterocycles. The SMILES string of the molecule is Cc1ccc(C(C)NCCOC(C)C)o1. The zero-order valence-corrected chi connectivity index (χ0v) is 10.0. The lowest BCUT2D eigenvalue weighted by atomic mass is 10.2. The van der Waals surface area contributed by atoms with E-state index >= 15 is 0 Å². The summed E-state index contributed by atoms with van der Waals surface area (Å²) in [5, 5.41) is 3.35. The Balaban J connectivity index is 2.21. The molecule has 3 heteroatoms. The highest BCUT2D eigenvalue weighted by atomic mass is 16.5. The van der Waals surface area contributed by atoms with Crippen LogP contribution < -0.4 is 5.32 Å². The minimum absolute atomic E-state index is 0.245. The molecule has 1 aromatic heterocycles. The summed E-state index contributed by atoms with van der Waals surface area (Å²) in [4.78, 5) is 0. The van der Waals surface area contributed by atoms with E-state index in [1.807, 2.05) is 32.9 Å². The van der Waals surface area contributed by atoms with Crippen LogP contribution in [0.15, 0.2) is 16.5 Å². The number of hydrogen-bond donors (Lipinski definition) is 1. The van der Waals surface area contributed by atoms with Crippen molar-refractivity contribution in [3.8, 4) is 0 Å². The number of aryl methyl sites for hydroxylation is 1. The average Bonchev–Trinajstić information content (AvgIpc) is 2.59. The first kappa shape index (κ1) is 12.3. The second-order valence-electron chi connectivity index (χ2n) is 4.04. The molecule has 15 heavy (non-hydrogen) atoms. The van der Waals surface area contributed by atoms with Crippen LogP contribution in [0.4, 0.5) is 0 Å². The molecule has 1 atom stereocenters. The summed E-state index contributed by atoms with van der Waals surface area (Å²) in [6.07, 6.45) is 0.299. The number of furan rings is 1. The lowest BCUT2D eigenvalue weighted by Crippen LogP contribution is -2.24. The lowest BCUT2D eigenvalue weighted by Gasteiger charge is -2.12. The van der Waals surface area contributed by atoms with E-state index in [0.717, 1.165) is 24.7 Å². The molecule has 0 aromatic carbocycles. The van der Waals surface area contributed by atoms with Gasteiger partial charge in [0, 0.05) is 6.54 Å². The fourth-order valence-corrected chi connectivity index (χ4v) is 1.36. The van der Waals surface area contributed by atoms with Crippen LogP contribution >= 0.6 is 0 Å². The van der Waals surface area contributed by atoms with Crippen molar-refractivity contribution < 1.29 is 9.15 Å². The normalized spacial score (nSPS) is 13.4. The Kier molecular flexibility index (Phi) is 4.85. The van der Waals surface area contributed by atoms with Crippen LogP contribution in [0.2, 0.25) is 0 Å². The standard InChI is InChI=1S/C12H21NO2/c1-9(2)14-8-7-13-11(4)12-6-5-10(3)15-12/h5-6,9,11,13H,7-8H2,1-4H3. The van der Waals surface area contributed by atoms with Crippen LogP contribution in [0.1, 0.15) is 38.3 Å². The van der Waals surface area contributed by atoms with Gasteiger partial charge < -0.3 is 14.5 Å². The highest BCUT2D eigenvalue weighted by Crippen LogP contribution is 2.14. The first-order valence-corrected chi connectivity index (χ1v) is 5.51. The smallest absolute Gasteiger partial charge is 0.120 e. The van der Waals surface area contributed by atoms with Gasteiger partial charge in [0.15, 0.2) is 0 Å². The summed E-state index contributed by atoms with van der Waals surface area (Å²) >= 11 is 0. The van der Waals surface area contributed by atoms with Crippen molar-refractivity contribution in [3.63, 3.8) is 0 Å². The fraction of sp³-hybridized carbons (Fsp3) is 0.667. The van der Waals surface area contributed by atoms with Gasteiger partial charge in [-0.1, -0.05) is 0 Å². The van der Waals surface area contributed by atoms with Crippen LogP contribution in [0.25, 0.3) is 0 Å². The molecule has 0 saturated carbocycles. The molecule has 1 N–H and O–H groups in total. The molecule has 0 radical (unpaired) electrons. The van der Waals surface area contributed by atoms with Gasteiger partial charge in [0.2, 0.25) is 0 Å². The van der Waals surface area contributed by atoms with Crippen LogP contribution in [-0.2, 0) is 4.74 Å². The van der Waals surface area contributed by atoms with Crippen LogP contribution in [0.3, 0.4) is 0 Å². The maximum atomic E-state index is 5.52. The van der Waals surface area contributed by atoms with E-state index in [0.29, 0.717) is 6.10 Å². The Bertz CT molecular complexity index is 281. The number of nitrogens with one attached hydrogen (secondary N) is 1. The predicted molar refractivity (Wildman–Crippen MR) is 61.0 cm³/mol. The van der Waals surface area contributed by atoms with E-state index in [9.17, 15) is 0 Å².